The van der Waals surface area contributed by atoms with Gasteiger partial charge in [-0.25, -0.2) is 18.8 Å². The van der Waals surface area contributed by atoms with Crippen LogP contribution in [0.15, 0.2) is 21.5 Å². The molecule has 0 bridgehead atoms. The van der Waals surface area contributed by atoms with Gasteiger partial charge in [0.25, 0.3) is 0 Å². The normalized spacial score (nSPS) is 20.9. The van der Waals surface area contributed by atoms with Crippen LogP contribution in [0, 0.1) is 11.3 Å². The van der Waals surface area contributed by atoms with E-state index in [1.165, 1.54) is 11.8 Å². The fourth-order valence-corrected chi connectivity index (χ4v) is 5.69. The molecule has 2 unspecified atom stereocenters. The molecule has 2 atom stereocenters. The molecule has 2 amide bonds. The van der Waals surface area contributed by atoms with Gasteiger partial charge in [0, 0.05) is 13.0 Å². The van der Waals surface area contributed by atoms with Crippen LogP contribution in [0.5, 0.6) is 5.88 Å². The summed E-state index contributed by atoms with van der Waals surface area (Å²) in [5, 5.41) is 22.5. The van der Waals surface area contributed by atoms with E-state index in [9.17, 15) is 14.3 Å². The number of rotatable bonds is 2. The number of fused-ring (bicyclic) bond motifs is 3. The number of carbonyl (C=O) groups is 1. The van der Waals surface area contributed by atoms with E-state index < -0.39 is 15.9 Å². The first-order valence-corrected chi connectivity index (χ1v) is 11.7. The minimum Gasteiger partial charge on any atom is -0.477 e. The number of nitriles is 1. The van der Waals surface area contributed by atoms with Gasteiger partial charge >= 0.3 is 6.03 Å². The van der Waals surface area contributed by atoms with Gasteiger partial charge < -0.3 is 10.1 Å². The lowest BCUT2D eigenvalue weighted by Crippen LogP contribution is -2.21. The Morgan fingerprint density at radius 3 is 3.07 bits per heavy atom. The van der Waals surface area contributed by atoms with Crippen LogP contribution in [0.4, 0.5) is 10.5 Å². The summed E-state index contributed by atoms with van der Waals surface area (Å²) in [5.74, 6) is 0.0378. The minimum absolute atomic E-state index is 0.121. The first-order valence-electron chi connectivity index (χ1n) is 10.1. The Labute approximate surface area is 174 Å². The summed E-state index contributed by atoms with van der Waals surface area (Å²) in [6, 6.07) is 3.72. The van der Waals surface area contributed by atoms with E-state index in [-0.39, 0.29) is 10.8 Å². The van der Waals surface area contributed by atoms with Crippen molar-refractivity contribution in [1.29, 1.82) is 5.26 Å². The van der Waals surface area contributed by atoms with E-state index in [2.05, 4.69) is 26.9 Å². The number of urea groups is 1. The number of anilines is 1. The van der Waals surface area contributed by atoms with E-state index in [0.717, 1.165) is 55.2 Å². The van der Waals surface area contributed by atoms with E-state index in [4.69, 9.17) is 9.88 Å². The maximum atomic E-state index is 13.1. The van der Waals surface area contributed by atoms with Crippen molar-refractivity contribution in [3.63, 3.8) is 0 Å². The number of amides is 2. The summed E-state index contributed by atoms with van der Waals surface area (Å²) in [5.41, 5.74) is 4.88. The second-order valence-electron chi connectivity index (χ2n) is 7.87. The predicted octanol–water partition coefficient (Wildman–Crippen LogP) is 2.64. The second-order valence-corrected chi connectivity index (χ2v) is 9.62. The fourth-order valence-electron chi connectivity index (χ4n) is 4.69. The molecule has 2 aromatic rings. The molecule has 0 fully saturated rings. The summed E-state index contributed by atoms with van der Waals surface area (Å²) in [6.45, 7) is 1.10. The van der Waals surface area contributed by atoms with Crippen molar-refractivity contribution in [3.8, 4) is 11.9 Å². The second kappa shape index (κ2) is 7.11. The number of nitrogens with two attached hydrogens (primary N) is 1. The van der Waals surface area contributed by atoms with Gasteiger partial charge in [0.05, 0.1) is 30.5 Å². The lowest BCUT2D eigenvalue weighted by molar-refractivity contribution is 0.224. The highest BCUT2D eigenvalue weighted by Gasteiger charge is 2.31. The Morgan fingerprint density at radius 1 is 1.37 bits per heavy atom. The summed E-state index contributed by atoms with van der Waals surface area (Å²) in [6.07, 6.45) is 6.48. The molecule has 2 aliphatic carbocycles. The maximum Gasteiger partial charge on any atom is 0.354 e. The number of hydrogen-bond acceptors (Lipinski definition) is 5. The zero-order chi connectivity index (χ0) is 20.9. The van der Waals surface area contributed by atoms with Gasteiger partial charge in [-0.15, -0.1) is 4.36 Å². The fraction of sp³-hybridized carbons (Fsp3) is 0.450. The first-order chi connectivity index (χ1) is 14.5. The largest absolute Gasteiger partial charge is 0.477 e. The molecule has 0 saturated carbocycles. The van der Waals surface area contributed by atoms with Crippen LogP contribution in [0.25, 0.3) is 0 Å². The lowest BCUT2D eigenvalue weighted by Gasteiger charge is -2.17. The van der Waals surface area contributed by atoms with Crippen LogP contribution in [-0.2, 0) is 35.7 Å². The lowest BCUT2D eigenvalue weighted by atomic mass is 9.94. The van der Waals surface area contributed by atoms with Gasteiger partial charge in [-0.2, -0.15) is 10.4 Å². The van der Waals surface area contributed by atoms with Gasteiger partial charge in [0.15, 0.2) is 9.92 Å². The predicted molar refractivity (Wildman–Crippen MR) is 110 cm³/mol. The topological polar surface area (TPSA) is 135 Å². The van der Waals surface area contributed by atoms with Crippen molar-refractivity contribution in [3.05, 3.63) is 34.5 Å². The number of carbonyl (C=O) groups excluding carboxylic acids is 1. The highest BCUT2D eigenvalue weighted by atomic mass is 32.2. The third-order valence-electron chi connectivity index (χ3n) is 6.01. The third-order valence-corrected chi connectivity index (χ3v) is 7.36. The highest BCUT2D eigenvalue weighted by molar-refractivity contribution is 7.91. The average molecular weight is 427 g/mol. The standard InChI is InChI=1S/C20H22N6O3S/c21-10-14-6-5-13-9-12-3-1-4-15(12)18(17(13)14)24-20(27)25-30(22,28)16-11-23-26-7-2-8-29-19(16)26/h9,11,14H,1-8H2,(H3,22,24,25,27,28). The molecule has 0 saturated heterocycles. The Bertz CT molecular complexity index is 1220. The molecule has 10 heteroatoms. The number of aromatic nitrogens is 2. The van der Waals surface area contributed by atoms with Crippen molar-refractivity contribution in [2.45, 2.75) is 55.9 Å². The quantitative estimate of drug-likeness (QED) is 0.761. The van der Waals surface area contributed by atoms with Crippen LogP contribution in [0.3, 0.4) is 0 Å². The van der Waals surface area contributed by atoms with Crippen LogP contribution >= 0.6 is 0 Å². The van der Waals surface area contributed by atoms with Gasteiger partial charge in [-0.1, -0.05) is 6.07 Å². The van der Waals surface area contributed by atoms with E-state index >= 15 is 0 Å². The molecular formula is C20H22N6O3S. The number of nitrogens with one attached hydrogen (secondary N) is 1. The monoisotopic (exact) mass is 426 g/mol. The SMILES string of the molecule is N#CC1CCc2cc3c(c(NC(=O)N=S(N)(=O)c4cnn5c4OCCC5)c21)CCC3. The van der Waals surface area contributed by atoms with Gasteiger partial charge in [0.2, 0.25) is 5.88 Å². The Hall–Kier alpha value is -2.90. The molecule has 1 aliphatic heterocycles. The zero-order valence-electron chi connectivity index (χ0n) is 16.4. The maximum absolute atomic E-state index is 13.1. The summed E-state index contributed by atoms with van der Waals surface area (Å²) < 4.78 is 24.0. The van der Waals surface area contributed by atoms with Crippen molar-refractivity contribution in [2.75, 3.05) is 11.9 Å². The molecule has 3 aliphatic rings. The molecule has 5 rings (SSSR count). The third kappa shape index (κ3) is 3.05. The smallest absolute Gasteiger partial charge is 0.354 e. The van der Waals surface area contributed by atoms with Gasteiger partial charge in [-0.3, -0.25) is 0 Å². The molecular weight excluding hydrogens is 404 g/mol. The van der Waals surface area contributed by atoms with E-state index in [1.807, 2.05) is 0 Å². The molecule has 0 spiro atoms. The van der Waals surface area contributed by atoms with Crippen molar-refractivity contribution in [2.24, 2.45) is 9.50 Å². The zero-order valence-corrected chi connectivity index (χ0v) is 17.2. The first kappa shape index (κ1) is 19.1. The Kier molecular flexibility index (Phi) is 4.52. The summed E-state index contributed by atoms with van der Waals surface area (Å²) in [7, 11) is -3.54. The van der Waals surface area contributed by atoms with Crippen LogP contribution < -0.4 is 15.2 Å². The number of nitrogens with zero attached hydrogens (tertiary/aromatic N) is 4. The van der Waals surface area contributed by atoms with Gasteiger partial charge in [0.1, 0.15) is 4.90 Å². The molecule has 30 heavy (non-hydrogen) atoms. The van der Waals surface area contributed by atoms with Crippen LogP contribution in [0.2, 0.25) is 0 Å². The van der Waals surface area contributed by atoms with Crippen LogP contribution in [0.1, 0.15) is 47.4 Å². The average Bonchev–Trinajstić information content (AvgIpc) is 3.44. The molecule has 2 heterocycles. The Morgan fingerprint density at radius 2 is 2.23 bits per heavy atom. The number of ether oxygens (including phenoxy) is 1. The molecule has 1 aromatic carbocycles. The number of benzene rings is 1. The van der Waals surface area contributed by atoms with Crippen molar-refractivity contribution in [1.82, 2.24) is 9.78 Å². The number of aryl methyl sites for hydroxylation is 3. The Balaban J connectivity index is 1.52. The summed E-state index contributed by atoms with van der Waals surface area (Å²) in [4.78, 5) is 12.9. The molecule has 1 aromatic heterocycles. The molecule has 0 radical (unpaired) electrons. The highest BCUT2D eigenvalue weighted by Crippen LogP contribution is 2.44. The van der Waals surface area contributed by atoms with Crippen LogP contribution in [-0.4, -0.2) is 26.6 Å². The minimum atomic E-state index is -3.54. The molecule has 9 nitrogen and oxygen atoms in total. The van der Waals surface area contributed by atoms with Crippen molar-refractivity contribution < 1.29 is 13.7 Å². The molecule has 3 N–H and O–H groups in total. The van der Waals surface area contributed by atoms with E-state index in [1.54, 1.807) is 4.68 Å². The summed E-state index contributed by atoms with van der Waals surface area (Å²) >= 11 is 0. The van der Waals surface area contributed by atoms with E-state index in [0.29, 0.717) is 24.7 Å². The van der Waals surface area contributed by atoms with Gasteiger partial charge in [-0.05, 0) is 54.4 Å². The van der Waals surface area contributed by atoms with Crippen molar-refractivity contribution >= 4 is 21.6 Å². The molecule has 156 valence electrons. The number of hydrogen-bond donors (Lipinski definition) is 2.